The Hall–Kier alpha value is -1.07. The third kappa shape index (κ3) is 3.96. The second-order valence-electron chi connectivity index (χ2n) is 5.45. The van der Waals surface area contributed by atoms with Crippen molar-refractivity contribution in [3.8, 4) is 5.75 Å². The second-order valence-corrected chi connectivity index (χ2v) is 7.67. The van der Waals surface area contributed by atoms with Gasteiger partial charge in [-0.25, -0.2) is 8.42 Å². The second kappa shape index (κ2) is 6.59. The van der Waals surface area contributed by atoms with Crippen molar-refractivity contribution in [3.05, 3.63) is 29.8 Å². The molecule has 2 atom stereocenters. The number of hydrogen-bond donors (Lipinski definition) is 1. The summed E-state index contributed by atoms with van der Waals surface area (Å²) in [5, 5.41) is 3.29. The first-order valence-electron chi connectivity index (χ1n) is 7.04. The quantitative estimate of drug-likeness (QED) is 0.867. The maximum Gasteiger partial charge on any atom is 0.150 e. The molecule has 0 saturated carbocycles. The minimum atomic E-state index is -2.80. The van der Waals surface area contributed by atoms with E-state index in [0.29, 0.717) is 11.5 Å². The first-order valence-corrected chi connectivity index (χ1v) is 8.87. The largest absolute Gasteiger partial charge is 0.497 e. The zero-order valence-electron chi connectivity index (χ0n) is 12.1. The molecule has 20 heavy (non-hydrogen) atoms. The lowest BCUT2D eigenvalue weighted by Gasteiger charge is -2.22. The van der Waals surface area contributed by atoms with Gasteiger partial charge in [0, 0.05) is 6.04 Å². The molecule has 0 aromatic heterocycles. The Morgan fingerprint density at radius 2 is 2.05 bits per heavy atom. The SMILES string of the molecule is CNC(CCc1ccc(OC)cc1)C1CCS(=O)(=O)C1. The Morgan fingerprint density at radius 3 is 2.55 bits per heavy atom. The van der Waals surface area contributed by atoms with Crippen LogP contribution in [0.15, 0.2) is 24.3 Å². The van der Waals surface area contributed by atoms with E-state index in [4.69, 9.17) is 4.74 Å². The molecule has 2 rings (SSSR count). The monoisotopic (exact) mass is 297 g/mol. The maximum absolute atomic E-state index is 11.6. The molecule has 1 N–H and O–H groups in total. The molecule has 1 aliphatic rings. The molecule has 1 saturated heterocycles. The third-order valence-electron chi connectivity index (χ3n) is 4.11. The smallest absolute Gasteiger partial charge is 0.150 e. The topological polar surface area (TPSA) is 55.4 Å². The molecule has 2 unspecified atom stereocenters. The maximum atomic E-state index is 11.6. The highest BCUT2D eigenvalue weighted by atomic mass is 32.2. The molecule has 112 valence electrons. The molecule has 0 bridgehead atoms. The molecule has 1 aromatic rings. The predicted octanol–water partition coefficient (Wildman–Crippen LogP) is 1.65. The lowest BCUT2D eigenvalue weighted by molar-refractivity contribution is 0.383. The highest BCUT2D eigenvalue weighted by molar-refractivity contribution is 7.91. The van der Waals surface area contributed by atoms with Gasteiger partial charge in [-0.1, -0.05) is 12.1 Å². The summed E-state index contributed by atoms with van der Waals surface area (Å²) in [6.07, 6.45) is 2.70. The Morgan fingerprint density at radius 1 is 1.35 bits per heavy atom. The van der Waals surface area contributed by atoms with E-state index in [1.165, 1.54) is 5.56 Å². The number of rotatable bonds is 6. The number of sulfone groups is 1. The summed E-state index contributed by atoms with van der Waals surface area (Å²) >= 11 is 0. The van der Waals surface area contributed by atoms with Crippen molar-refractivity contribution in [2.24, 2.45) is 5.92 Å². The molecule has 0 radical (unpaired) electrons. The average Bonchev–Trinajstić information content (AvgIpc) is 2.80. The van der Waals surface area contributed by atoms with E-state index in [2.05, 4.69) is 17.4 Å². The van der Waals surface area contributed by atoms with E-state index in [0.717, 1.165) is 25.0 Å². The van der Waals surface area contributed by atoms with Crippen LogP contribution in [0.4, 0.5) is 0 Å². The number of benzene rings is 1. The standard InChI is InChI=1S/C15H23NO3S/c1-16-15(13-9-10-20(17,18)11-13)8-5-12-3-6-14(19-2)7-4-12/h3-4,6-7,13,15-16H,5,8-11H2,1-2H3. The average molecular weight is 297 g/mol. The van der Waals surface area contributed by atoms with Gasteiger partial charge in [0.2, 0.25) is 0 Å². The normalized spacial score (nSPS) is 22.6. The van der Waals surface area contributed by atoms with Gasteiger partial charge in [0.1, 0.15) is 5.75 Å². The fraction of sp³-hybridized carbons (Fsp3) is 0.600. The van der Waals surface area contributed by atoms with E-state index in [1.54, 1.807) is 7.11 Å². The fourth-order valence-electron chi connectivity index (χ4n) is 2.87. The summed E-state index contributed by atoms with van der Waals surface area (Å²) in [5.74, 6) is 1.79. The van der Waals surface area contributed by atoms with Gasteiger partial charge in [-0.15, -0.1) is 0 Å². The van der Waals surface area contributed by atoms with E-state index in [1.807, 2.05) is 19.2 Å². The lowest BCUT2D eigenvalue weighted by atomic mass is 9.93. The van der Waals surface area contributed by atoms with Gasteiger partial charge >= 0.3 is 0 Å². The van der Waals surface area contributed by atoms with Gasteiger partial charge in [0.15, 0.2) is 9.84 Å². The summed E-state index contributed by atoms with van der Waals surface area (Å²) in [6, 6.07) is 8.33. The van der Waals surface area contributed by atoms with Crippen LogP contribution in [0, 0.1) is 5.92 Å². The van der Waals surface area contributed by atoms with Crippen molar-refractivity contribution in [2.45, 2.75) is 25.3 Å². The molecular formula is C15H23NO3S. The molecule has 5 heteroatoms. The van der Waals surface area contributed by atoms with Crippen LogP contribution < -0.4 is 10.1 Å². The van der Waals surface area contributed by atoms with Gasteiger partial charge < -0.3 is 10.1 Å². The summed E-state index contributed by atoms with van der Waals surface area (Å²) < 4.78 is 28.3. The first-order chi connectivity index (χ1) is 9.54. The van der Waals surface area contributed by atoms with Gasteiger partial charge in [0.25, 0.3) is 0 Å². The Labute approximate surface area is 121 Å². The summed E-state index contributed by atoms with van der Waals surface area (Å²) in [5.41, 5.74) is 1.26. The van der Waals surface area contributed by atoms with Crippen molar-refractivity contribution in [2.75, 3.05) is 25.7 Å². The van der Waals surface area contributed by atoms with Crippen LogP contribution >= 0.6 is 0 Å². The number of nitrogens with one attached hydrogen (secondary N) is 1. The first kappa shape index (κ1) is 15.3. The number of ether oxygens (including phenoxy) is 1. The highest BCUT2D eigenvalue weighted by Gasteiger charge is 2.32. The number of hydrogen-bond acceptors (Lipinski definition) is 4. The van der Waals surface area contributed by atoms with Crippen LogP contribution in [-0.2, 0) is 16.3 Å². The molecule has 0 amide bonds. The predicted molar refractivity (Wildman–Crippen MR) is 80.9 cm³/mol. The van der Waals surface area contributed by atoms with Gasteiger partial charge in [0.05, 0.1) is 18.6 Å². The van der Waals surface area contributed by atoms with Crippen LogP contribution in [-0.4, -0.2) is 40.1 Å². The van der Waals surface area contributed by atoms with Crippen LogP contribution in [0.25, 0.3) is 0 Å². The Kier molecular flexibility index (Phi) is 5.05. The van der Waals surface area contributed by atoms with Crippen LogP contribution in [0.2, 0.25) is 0 Å². The molecule has 1 fully saturated rings. The molecule has 1 aliphatic heterocycles. The fourth-order valence-corrected chi connectivity index (χ4v) is 4.75. The Bertz CT molecular complexity index is 525. The van der Waals surface area contributed by atoms with Crippen LogP contribution in [0.5, 0.6) is 5.75 Å². The summed E-state index contributed by atoms with van der Waals surface area (Å²) in [7, 11) is 0.780. The van der Waals surface area contributed by atoms with Crippen molar-refractivity contribution in [1.82, 2.24) is 5.32 Å². The molecule has 1 heterocycles. The van der Waals surface area contributed by atoms with Crippen molar-refractivity contribution in [3.63, 3.8) is 0 Å². The van der Waals surface area contributed by atoms with Gasteiger partial charge in [-0.3, -0.25) is 0 Å². The van der Waals surface area contributed by atoms with Crippen molar-refractivity contribution < 1.29 is 13.2 Å². The zero-order chi connectivity index (χ0) is 14.6. The number of aryl methyl sites for hydroxylation is 1. The number of methoxy groups -OCH3 is 1. The van der Waals surface area contributed by atoms with Gasteiger partial charge in [-0.2, -0.15) is 0 Å². The zero-order valence-corrected chi connectivity index (χ0v) is 12.9. The molecule has 1 aromatic carbocycles. The van der Waals surface area contributed by atoms with E-state index < -0.39 is 9.84 Å². The van der Waals surface area contributed by atoms with Crippen LogP contribution in [0.1, 0.15) is 18.4 Å². The molecule has 0 aliphatic carbocycles. The molecule has 0 spiro atoms. The minimum absolute atomic E-state index is 0.253. The van der Waals surface area contributed by atoms with E-state index in [9.17, 15) is 8.42 Å². The highest BCUT2D eigenvalue weighted by Crippen LogP contribution is 2.24. The molecule has 4 nitrogen and oxygen atoms in total. The Balaban J connectivity index is 1.90. The van der Waals surface area contributed by atoms with Crippen LogP contribution in [0.3, 0.4) is 0 Å². The lowest BCUT2D eigenvalue weighted by Crippen LogP contribution is -2.34. The molecular weight excluding hydrogens is 274 g/mol. The van der Waals surface area contributed by atoms with E-state index in [-0.39, 0.29) is 12.0 Å². The van der Waals surface area contributed by atoms with Gasteiger partial charge in [-0.05, 0) is 49.9 Å². The minimum Gasteiger partial charge on any atom is -0.497 e. The summed E-state index contributed by atoms with van der Waals surface area (Å²) in [4.78, 5) is 0. The third-order valence-corrected chi connectivity index (χ3v) is 5.90. The van der Waals surface area contributed by atoms with E-state index >= 15 is 0 Å². The van der Waals surface area contributed by atoms with Crippen molar-refractivity contribution >= 4 is 9.84 Å². The van der Waals surface area contributed by atoms with Crippen molar-refractivity contribution in [1.29, 1.82) is 0 Å². The summed E-state index contributed by atoms with van der Waals surface area (Å²) in [6.45, 7) is 0.